The van der Waals surface area contributed by atoms with Crippen molar-refractivity contribution in [3.8, 4) is 0 Å². The van der Waals surface area contributed by atoms with Crippen LogP contribution in [-0.4, -0.2) is 59.9 Å². The van der Waals surface area contributed by atoms with Crippen molar-refractivity contribution in [2.24, 2.45) is 0 Å². The van der Waals surface area contributed by atoms with Gasteiger partial charge in [0.2, 0.25) is 10.0 Å². The molecule has 0 aliphatic rings. The summed E-state index contributed by atoms with van der Waals surface area (Å²) in [5.74, 6) is -1.03. The van der Waals surface area contributed by atoms with Gasteiger partial charge in [-0.2, -0.15) is 25.2 Å². The first-order valence-corrected chi connectivity index (χ1v) is 11.9. The van der Waals surface area contributed by atoms with E-state index in [2.05, 4.69) is 13.5 Å². The van der Waals surface area contributed by atoms with Crippen LogP contribution in [0.1, 0.15) is 20.3 Å². The summed E-state index contributed by atoms with van der Waals surface area (Å²) in [7, 11) is -4.06. The number of hydrogen-bond donors (Lipinski definition) is 1. The SMILES string of the molecule is CSCCC(NS(=O)(=O)c1cccc2nsnc12)C(=O)OCC(=O)OC(C)C. The lowest BCUT2D eigenvalue weighted by Crippen LogP contribution is -2.42. The molecule has 1 atom stereocenters. The van der Waals surface area contributed by atoms with Crippen molar-refractivity contribution in [2.75, 3.05) is 18.6 Å². The summed E-state index contributed by atoms with van der Waals surface area (Å²) in [6, 6.07) is 3.45. The Hall–Kier alpha value is -1.76. The van der Waals surface area contributed by atoms with Crippen molar-refractivity contribution >= 4 is 56.5 Å². The van der Waals surface area contributed by atoms with E-state index in [0.29, 0.717) is 11.3 Å². The number of fused-ring (bicyclic) bond motifs is 1. The number of benzene rings is 1. The highest BCUT2D eigenvalue weighted by Gasteiger charge is 2.29. The van der Waals surface area contributed by atoms with Gasteiger partial charge in [-0.15, -0.1) is 0 Å². The van der Waals surface area contributed by atoms with Crippen LogP contribution in [0.4, 0.5) is 0 Å². The molecule has 0 spiro atoms. The van der Waals surface area contributed by atoms with Crippen LogP contribution in [-0.2, 0) is 29.1 Å². The van der Waals surface area contributed by atoms with Crippen LogP contribution in [0.3, 0.4) is 0 Å². The molecule has 0 saturated heterocycles. The number of nitrogens with zero attached hydrogens (tertiary/aromatic N) is 2. The van der Waals surface area contributed by atoms with E-state index in [1.807, 2.05) is 6.26 Å². The maximum Gasteiger partial charge on any atom is 0.344 e. The molecule has 2 aromatic rings. The predicted molar refractivity (Wildman–Crippen MR) is 107 cm³/mol. The standard InChI is InChI=1S/C16H21N3O6S3/c1-10(2)25-14(20)9-24-16(21)12(7-8-26-3)19-28(22,23)13-6-4-5-11-15(13)18-27-17-11/h4-6,10,12,19H,7-9H2,1-3H3. The zero-order valence-corrected chi connectivity index (χ0v) is 18.0. The topological polar surface area (TPSA) is 125 Å². The number of hydrogen-bond acceptors (Lipinski definition) is 10. The summed E-state index contributed by atoms with van der Waals surface area (Å²) in [4.78, 5) is 23.9. The van der Waals surface area contributed by atoms with Gasteiger partial charge in [-0.25, -0.2) is 13.2 Å². The molecule has 154 valence electrons. The van der Waals surface area contributed by atoms with Gasteiger partial charge in [0, 0.05) is 0 Å². The average molecular weight is 448 g/mol. The Kier molecular flexibility index (Phi) is 8.16. The third kappa shape index (κ3) is 6.12. The molecule has 2 rings (SSSR count). The summed E-state index contributed by atoms with van der Waals surface area (Å²) in [6.07, 6.45) is 1.69. The summed E-state index contributed by atoms with van der Waals surface area (Å²) in [6.45, 7) is 2.76. The fourth-order valence-electron chi connectivity index (χ4n) is 2.24. The second kappa shape index (κ2) is 10.1. The average Bonchev–Trinajstić information content (AvgIpc) is 3.11. The zero-order valence-electron chi connectivity index (χ0n) is 15.6. The van der Waals surface area contributed by atoms with Crippen molar-refractivity contribution in [2.45, 2.75) is 37.3 Å². The second-order valence-corrected chi connectivity index (χ2v) is 9.19. The van der Waals surface area contributed by atoms with E-state index in [9.17, 15) is 18.0 Å². The van der Waals surface area contributed by atoms with E-state index in [1.54, 1.807) is 26.0 Å². The molecule has 1 N–H and O–H groups in total. The first-order valence-electron chi connectivity index (χ1n) is 8.33. The molecule has 0 amide bonds. The largest absolute Gasteiger partial charge is 0.460 e. The molecule has 1 aromatic heterocycles. The smallest absolute Gasteiger partial charge is 0.344 e. The monoisotopic (exact) mass is 447 g/mol. The fourth-order valence-corrected chi connectivity index (χ4v) is 4.69. The quantitative estimate of drug-likeness (QED) is 0.540. The van der Waals surface area contributed by atoms with Crippen LogP contribution in [0.25, 0.3) is 11.0 Å². The first-order chi connectivity index (χ1) is 13.2. The lowest BCUT2D eigenvalue weighted by Gasteiger charge is -2.17. The predicted octanol–water partition coefficient (Wildman–Crippen LogP) is 1.59. The minimum atomic E-state index is -4.06. The first kappa shape index (κ1) is 22.5. The van der Waals surface area contributed by atoms with Crippen LogP contribution in [0.15, 0.2) is 23.1 Å². The molecule has 0 aliphatic carbocycles. The number of aromatic nitrogens is 2. The Morgan fingerprint density at radius 3 is 2.71 bits per heavy atom. The van der Waals surface area contributed by atoms with Crippen LogP contribution in [0.2, 0.25) is 0 Å². The van der Waals surface area contributed by atoms with Gasteiger partial charge in [-0.05, 0) is 44.4 Å². The maximum absolute atomic E-state index is 12.8. The summed E-state index contributed by atoms with van der Waals surface area (Å²) >= 11 is 2.35. The van der Waals surface area contributed by atoms with Gasteiger partial charge in [0.25, 0.3) is 0 Å². The second-order valence-electron chi connectivity index (χ2n) is 5.99. The van der Waals surface area contributed by atoms with Gasteiger partial charge in [0.05, 0.1) is 17.8 Å². The van der Waals surface area contributed by atoms with E-state index < -0.39 is 34.6 Å². The summed E-state index contributed by atoms with van der Waals surface area (Å²) in [5, 5.41) is 0. The van der Waals surface area contributed by atoms with Gasteiger partial charge >= 0.3 is 11.9 Å². The van der Waals surface area contributed by atoms with E-state index in [4.69, 9.17) is 9.47 Å². The van der Waals surface area contributed by atoms with Crippen molar-refractivity contribution in [1.29, 1.82) is 0 Å². The lowest BCUT2D eigenvalue weighted by molar-refractivity contribution is -0.162. The highest BCUT2D eigenvalue weighted by molar-refractivity contribution is 7.98. The third-order valence-electron chi connectivity index (χ3n) is 3.43. The number of sulfonamides is 1. The van der Waals surface area contributed by atoms with E-state index in [1.165, 1.54) is 17.8 Å². The van der Waals surface area contributed by atoms with Crippen LogP contribution in [0, 0.1) is 0 Å². The molecule has 0 fully saturated rings. The van der Waals surface area contributed by atoms with E-state index >= 15 is 0 Å². The Balaban J connectivity index is 2.15. The Morgan fingerprint density at radius 2 is 2.04 bits per heavy atom. The van der Waals surface area contributed by atoms with Gasteiger partial charge < -0.3 is 9.47 Å². The van der Waals surface area contributed by atoms with Crippen LogP contribution in [0.5, 0.6) is 0 Å². The normalized spacial score (nSPS) is 12.9. The molecule has 1 unspecified atom stereocenters. The number of nitrogens with one attached hydrogen (secondary N) is 1. The lowest BCUT2D eigenvalue weighted by atomic mass is 10.2. The summed E-state index contributed by atoms with van der Waals surface area (Å²) in [5.41, 5.74) is 0.685. The molecule has 0 saturated carbocycles. The number of rotatable bonds is 10. The van der Waals surface area contributed by atoms with Gasteiger partial charge in [-0.1, -0.05) is 6.07 Å². The Labute approximate surface area is 171 Å². The van der Waals surface area contributed by atoms with Gasteiger partial charge in [-0.3, -0.25) is 4.79 Å². The fraction of sp³-hybridized carbons (Fsp3) is 0.500. The minimum absolute atomic E-state index is 0.0695. The molecule has 9 nitrogen and oxygen atoms in total. The molecule has 28 heavy (non-hydrogen) atoms. The maximum atomic E-state index is 12.8. The Morgan fingerprint density at radius 1 is 1.29 bits per heavy atom. The van der Waals surface area contributed by atoms with Gasteiger partial charge in [0.1, 0.15) is 22.0 Å². The molecular weight excluding hydrogens is 426 g/mol. The number of carbonyl (C=O) groups is 2. The molecule has 0 radical (unpaired) electrons. The number of ether oxygens (including phenoxy) is 2. The molecular formula is C16H21N3O6S3. The number of carbonyl (C=O) groups excluding carboxylic acids is 2. The van der Waals surface area contributed by atoms with Crippen LogP contribution >= 0.6 is 23.5 Å². The van der Waals surface area contributed by atoms with E-state index in [0.717, 1.165) is 11.7 Å². The third-order valence-corrected chi connectivity index (χ3v) is 6.12. The van der Waals surface area contributed by atoms with Gasteiger partial charge in [0.15, 0.2) is 6.61 Å². The molecule has 1 aromatic carbocycles. The number of esters is 2. The van der Waals surface area contributed by atoms with Crippen molar-refractivity contribution in [3.63, 3.8) is 0 Å². The molecule has 0 aliphatic heterocycles. The molecule has 1 heterocycles. The highest BCUT2D eigenvalue weighted by Crippen LogP contribution is 2.21. The van der Waals surface area contributed by atoms with Crippen molar-refractivity contribution in [1.82, 2.24) is 13.5 Å². The molecule has 0 bridgehead atoms. The zero-order chi connectivity index (χ0) is 20.7. The van der Waals surface area contributed by atoms with E-state index in [-0.39, 0.29) is 22.9 Å². The van der Waals surface area contributed by atoms with Crippen molar-refractivity contribution in [3.05, 3.63) is 18.2 Å². The van der Waals surface area contributed by atoms with Crippen LogP contribution < -0.4 is 4.72 Å². The van der Waals surface area contributed by atoms with Crippen molar-refractivity contribution < 1.29 is 27.5 Å². The summed E-state index contributed by atoms with van der Waals surface area (Å²) < 4.78 is 45.9. The molecule has 12 heteroatoms. The highest BCUT2D eigenvalue weighted by atomic mass is 32.2. The Bertz CT molecular complexity index is 929. The minimum Gasteiger partial charge on any atom is -0.460 e. The number of thioether (sulfide) groups is 1.